The second-order valence-electron chi connectivity index (χ2n) is 4.48. The van der Waals surface area contributed by atoms with Crippen molar-refractivity contribution in [2.75, 3.05) is 0 Å². The topological polar surface area (TPSA) is 34.1 Å². The number of alkyl halides is 1. The number of benzene rings is 1. The van der Waals surface area contributed by atoms with Gasteiger partial charge in [-0.3, -0.25) is 9.59 Å². The van der Waals surface area contributed by atoms with Crippen molar-refractivity contribution in [1.82, 2.24) is 0 Å². The van der Waals surface area contributed by atoms with Gasteiger partial charge in [-0.15, -0.1) is 11.6 Å². The third kappa shape index (κ3) is 2.42. The van der Waals surface area contributed by atoms with Gasteiger partial charge >= 0.3 is 0 Å². The molecule has 1 aliphatic carbocycles. The lowest BCUT2D eigenvalue weighted by molar-refractivity contribution is -0.120. The monoisotopic (exact) mass is 250 g/mol. The summed E-state index contributed by atoms with van der Waals surface area (Å²) in [5.74, 6) is -0.364. The number of carbonyl (C=O) groups excluding carboxylic acids is 2. The van der Waals surface area contributed by atoms with Crippen molar-refractivity contribution < 1.29 is 9.59 Å². The minimum Gasteiger partial charge on any atom is -0.297 e. The average Bonchev–Trinajstić information content (AvgIpc) is 2.53. The van der Waals surface area contributed by atoms with Gasteiger partial charge in [0.1, 0.15) is 0 Å². The highest BCUT2D eigenvalue weighted by atomic mass is 35.5. The standard InChI is InChI=1S/C14H15ClO2/c15-14(10-6-2-5-9-12(14)16)13(17)11-7-3-1-4-8-11/h1,3-4,7-8H,2,5-6,9-10H2. The molecule has 1 atom stereocenters. The first-order valence-corrected chi connectivity index (χ1v) is 6.34. The van der Waals surface area contributed by atoms with Gasteiger partial charge in [-0.2, -0.15) is 0 Å². The summed E-state index contributed by atoms with van der Waals surface area (Å²) in [6.07, 6.45) is 3.54. The number of carbonyl (C=O) groups is 2. The maximum atomic E-state index is 12.3. The molecule has 1 aliphatic rings. The largest absolute Gasteiger partial charge is 0.297 e. The van der Waals surface area contributed by atoms with Crippen LogP contribution < -0.4 is 0 Å². The van der Waals surface area contributed by atoms with Crippen molar-refractivity contribution >= 4 is 23.2 Å². The van der Waals surface area contributed by atoms with Gasteiger partial charge in [0, 0.05) is 12.0 Å². The molecule has 1 fully saturated rings. The third-order valence-corrected chi connectivity index (χ3v) is 3.83. The summed E-state index contributed by atoms with van der Waals surface area (Å²) in [5.41, 5.74) is 0.526. The summed E-state index contributed by atoms with van der Waals surface area (Å²) in [6, 6.07) is 8.84. The lowest BCUT2D eigenvalue weighted by atomic mass is 9.89. The van der Waals surface area contributed by atoms with Crippen molar-refractivity contribution in [3.8, 4) is 0 Å². The van der Waals surface area contributed by atoms with Crippen LogP contribution in [0, 0.1) is 0 Å². The lowest BCUT2D eigenvalue weighted by Crippen LogP contribution is -2.40. The van der Waals surface area contributed by atoms with E-state index in [-0.39, 0.29) is 11.6 Å². The first-order chi connectivity index (χ1) is 8.14. The molecule has 0 amide bonds. The van der Waals surface area contributed by atoms with E-state index in [0.717, 1.165) is 19.3 Å². The molecule has 90 valence electrons. The van der Waals surface area contributed by atoms with E-state index in [0.29, 0.717) is 18.4 Å². The Balaban J connectivity index is 2.30. The maximum Gasteiger partial charge on any atom is 0.191 e. The number of rotatable bonds is 2. The fourth-order valence-electron chi connectivity index (χ4n) is 2.23. The summed E-state index contributed by atoms with van der Waals surface area (Å²) in [4.78, 5) is 23.0. The molecule has 2 nitrogen and oxygen atoms in total. The lowest BCUT2D eigenvalue weighted by Gasteiger charge is -2.22. The van der Waals surface area contributed by atoms with Crippen LogP contribution >= 0.6 is 11.6 Å². The van der Waals surface area contributed by atoms with E-state index < -0.39 is 4.87 Å². The average molecular weight is 251 g/mol. The number of halogens is 1. The summed E-state index contributed by atoms with van der Waals surface area (Å²) in [5, 5.41) is 0. The van der Waals surface area contributed by atoms with Crippen LogP contribution in [0.3, 0.4) is 0 Å². The Hall–Kier alpha value is -1.15. The normalized spacial score (nSPS) is 25.4. The SMILES string of the molecule is O=C1CCCCCC1(Cl)C(=O)c1ccccc1. The summed E-state index contributed by atoms with van der Waals surface area (Å²) in [7, 11) is 0. The first-order valence-electron chi connectivity index (χ1n) is 5.97. The van der Waals surface area contributed by atoms with Crippen LogP contribution in [0.4, 0.5) is 0 Å². The smallest absolute Gasteiger partial charge is 0.191 e. The fourth-order valence-corrected chi connectivity index (χ4v) is 2.56. The molecule has 1 saturated carbocycles. The zero-order chi connectivity index (χ0) is 12.3. The predicted molar refractivity (Wildman–Crippen MR) is 67.4 cm³/mol. The van der Waals surface area contributed by atoms with Gasteiger partial charge in [-0.05, 0) is 12.8 Å². The minimum absolute atomic E-state index is 0.120. The number of Topliss-reactive ketones (excluding diaryl/α,β-unsaturated/α-hetero) is 2. The molecule has 0 N–H and O–H groups in total. The number of ketones is 2. The van der Waals surface area contributed by atoms with E-state index in [1.54, 1.807) is 24.3 Å². The van der Waals surface area contributed by atoms with E-state index in [1.807, 2.05) is 6.07 Å². The van der Waals surface area contributed by atoms with Crippen LogP contribution in [0.15, 0.2) is 30.3 Å². The predicted octanol–water partition coefficient (Wildman–Crippen LogP) is 3.38. The minimum atomic E-state index is -1.32. The van der Waals surface area contributed by atoms with Gasteiger partial charge in [0.05, 0.1) is 0 Å². The van der Waals surface area contributed by atoms with Crippen LogP contribution in [-0.4, -0.2) is 16.4 Å². The van der Waals surface area contributed by atoms with Gasteiger partial charge in [-0.25, -0.2) is 0 Å². The molecule has 0 bridgehead atoms. The van der Waals surface area contributed by atoms with Gasteiger partial charge in [0.2, 0.25) is 0 Å². The molecule has 17 heavy (non-hydrogen) atoms. The Morgan fingerprint density at radius 3 is 2.53 bits per heavy atom. The molecule has 0 aliphatic heterocycles. The van der Waals surface area contributed by atoms with Crippen molar-refractivity contribution in [2.24, 2.45) is 0 Å². The number of hydrogen-bond acceptors (Lipinski definition) is 2. The highest BCUT2D eigenvalue weighted by molar-refractivity contribution is 6.49. The van der Waals surface area contributed by atoms with Crippen LogP contribution in [-0.2, 0) is 4.79 Å². The van der Waals surface area contributed by atoms with Crippen molar-refractivity contribution in [3.63, 3.8) is 0 Å². The van der Waals surface area contributed by atoms with Gasteiger partial charge < -0.3 is 0 Å². The molecule has 2 rings (SSSR count). The maximum absolute atomic E-state index is 12.3. The van der Waals surface area contributed by atoms with Crippen molar-refractivity contribution in [3.05, 3.63) is 35.9 Å². The van der Waals surface area contributed by atoms with Crippen LogP contribution in [0.5, 0.6) is 0 Å². The molecule has 0 radical (unpaired) electrons. The zero-order valence-electron chi connectivity index (χ0n) is 9.62. The summed E-state index contributed by atoms with van der Waals surface area (Å²) in [6.45, 7) is 0. The van der Waals surface area contributed by atoms with Crippen molar-refractivity contribution in [2.45, 2.75) is 37.0 Å². The van der Waals surface area contributed by atoms with Crippen LogP contribution in [0.2, 0.25) is 0 Å². The molecule has 0 aromatic heterocycles. The molecule has 1 unspecified atom stereocenters. The van der Waals surface area contributed by atoms with E-state index >= 15 is 0 Å². The Morgan fingerprint density at radius 2 is 1.82 bits per heavy atom. The third-order valence-electron chi connectivity index (χ3n) is 3.26. The van der Waals surface area contributed by atoms with Crippen LogP contribution in [0.25, 0.3) is 0 Å². The molecular weight excluding hydrogens is 236 g/mol. The number of hydrogen-bond donors (Lipinski definition) is 0. The Labute approximate surface area is 106 Å². The van der Waals surface area contributed by atoms with E-state index in [4.69, 9.17) is 11.6 Å². The first kappa shape index (κ1) is 12.3. The quantitative estimate of drug-likeness (QED) is 0.349. The van der Waals surface area contributed by atoms with Gasteiger partial charge in [0.25, 0.3) is 0 Å². The molecule has 0 heterocycles. The molecule has 3 heteroatoms. The van der Waals surface area contributed by atoms with E-state index in [1.165, 1.54) is 0 Å². The molecular formula is C14H15ClO2. The fraction of sp³-hybridized carbons (Fsp3) is 0.429. The second kappa shape index (κ2) is 5.01. The second-order valence-corrected chi connectivity index (χ2v) is 5.13. The molecule has 0 spiro atoms. The Bertz CT molecular complexity index is 427. The highest BCUT2D eigenvalue weighted by Gasteiger charge is 2.43. The van der Waals surface area contributed by atoms with E-state index in [9.17, 15) is 9.59 Å². The highest BCUT2D eigenvalue weighted by Crippen LogP contribution is 2.33. The van der Waals surface area contributed by atoms with Crippen LogP contribution in [0.1, 0.15) is 42.5 Å². The van der Waals surface area contributed by atoms with Gasteiger partial charge in [-0.1, -0.05) is 43.2 Å². The Morgan fingerprint density at radius 1 is 1.12 bits per heavy atom. The Kier molecular flexibility index (Phi) is 3.63. The zero-order valence-corrected chi connectivity index (χ0v) is 10.4. The molecule has 1 aromatic carbocycles. The molecule has 0 saturated heterocycles. The van der Waals surface area contributed by atoms with E-state index in [2.05, 4.69) is 0 Å². The summed E-state index contributed by atoms with van der Waals surface area (Å²) < 4.78 is 0. The van der Waals surface area contributed by atoms with Crippen molar-refractivity contribution in [1.29, 1.82) is 0 Å². The van der Waals surface area contributed by atoms with Gasteiger partial charge in [0.15, 0.2) is 16.4 Å². The molecule has 1 aromatic rings. The summed E-state index contributed by atoms with van der Waals surface area (Å²) >= 11 is 6.32.